The zero-order valence-electron chi connectivity index (χ0n) is 21.0. The summed E-state index contributed by atoms with van der Waals surface area (Å²) < 4.78 is 43.9. The Morgan fingerprint density at radius 2 is 1.66 bits per heavy atom. The van der Waals surface area contributed by atoms with Gasteiger partial charge in [-0.1, -0.05) is 32.0 Å². The van der Waals surface area contributed by atoms with E-state index in [9.17, 15) is 23.1 Å². The number of carbonyl (C=O) groups is 1. The molecule has 6 nitrogen and oxygen atoms in total. The summed E-state index contributed by atoms with van der Waals surface area (Å²) in [6.07, 6.45) is -1.61. The maximum absolute atomic E-state index is 12.6. The Hall–Kier alpha value is -4.01. The van der Waals surface area contributed by atoms with Crippen LogP contribution in [-0.2, 0) is 0 Å². The van der Waals surface area contributed by atoms with Crippen molar-refractivity contribution in [2.75, 3.05) is 5.32 Å². The number of halogens is 3. The third kappa shape index (κ3) is 5.61. The second-order valence-electron chi connectivity index (χ2n) is 10.2. The zero-order chi connectivity index (χ0) is 27.0. The summed E-state index contributed by atoms with van der Waals surface area (Å²) in [4.78, 5) is 16.3. The number of aromatic nitrogens is 2. The van der Waals surface area contributed by atoms with Crippen LogP contribution in [0.15, 0.2) is 66.7 Å². The fraction of sp³-hybridized carbons (Fsp3) is 0.310. The van der Waals surface area contributed by atoms with Crippen molar-refractivity contribution in [2.45, 2.75) is 45.5 Å². The molecule has 0 radical (unpaired) electrons. The fourth-order valence-electron chi connectivity index (χ4n) is 5.55. The lowest BCUT2D eigenvalue weighted by Crippen LogP contribution is -2.23. The van der Waals surface area contributed by atoms with E-state index >= 15 is 0 Å². The highest BCUT2D eigenvalue weighted by Gasteiger charge is 2.31. The standard InChI is InChI=1S/C29H28F3N3O3/c1-17-12-18(2)14-23(13-17)35-26-11-6-20(19-4-3-5-21(15-19)27(36)37)16-25(26)34-28(35)33-22-7-9-24(10-8-22)38-29(30,31)32/h3-11,15-18,23H,12-14H2,1-2H3,(H,33,34)(H,36,37). The maximum atomic E-state index is 12.6. The zero-order valence-corrected chi connectivity index (χ0v) is 21.0. The van der Waals surface area contributed by atoms with Crippen LogP contribution >= 0.6 is 0 Å². The molecular formula is C29H28F3N3O3. The highest BCUT2D eigenvalue weighted by atomic mass is 19.4. The Bertz CT molecular complexity index is 1450. The van der Waals surface area contributed by atoms with Crippen LogP contribution in [0, 0.1) is 11.8 Å². The molecule has 1 aliphatic carbocycles. The third-order valence-electron chi connectivity index (χ3n) is 7.00. The predicted octanol–water partition coefficient (Wildman–Crippen LogP) is 8.04. The number of carboxylic acids is 1. The number of hydrogen-bond donors (Lipinski definition) is 2. The van der Waals surface area contributed by atoms with Gasteiger partial charge in [-0.15, -0.1) is 13.2 Å². The molecular weight excluding hydrogens is 495 g/mol. The predicted molar refractivity (Wildman–Crippen MR) is 140 cm³/mol. The van der Waals surface area contributed by atoms with Crippen molar-refractivity contribution < 1.29 is 27.8 Å². The number of rotatable bonds is 6. The van der Waals surface area contributed by atoms with Gasteiger partial charge in [0.05, 0.1) is 16.6 Å². The van der Waals surface area contributed by atoms with Gasteiger partial charge in [-0.2, -0.15) is 0 Å². The topological polar surface area (TPSA) is 76.4 Å². The van der Waals surface area contributed by atoms with Crippen molar-refractivity contribution in [1.29, 1.82) is 0 Å². The molecule has 38 heavy (non-hydrogen) atoms. The molecule has 4 aromatic rings. The maximum Gasteiger partial charge on any atom is 0.573 e. The number of benzene rings is 3. The molecule has 0 spiro atoms. The molecule has 1 aromatic heterocycles. The summed E-state index contributed by atoms with van der Waals surface area (Å²) in [6.45, 7) is 4.50. The molecule has 2 N–H and O–H groups in total. The lowest BCUT2D eigenvalue weighted by Gasteiger charge is -2.33. The van der Waals surface area contributed by atoms with E-state index in [1.165, 1.54) is 24.3 Å². The molecule has 0 bridgehead atoms. The minimum atomic E-state index is -4.75. The van der Waals surface area contributed by atoms with Crippen LogP contribution in [0.5, 0.6) is 5.75 Å². The van der Waals surface area contributed by atoms with Crippen molar-refractivity contribution in [3.63, 3.8) is 0 Å². The summed E-state index contributed by atoms with van der Waals surface area (Å²) in [5.41, 5.74) is 4.09. The Balaban J connectivity index is 1.54. The van der Waals surface area contributed by atoms with Gasteiger partial charge in [0, 0.05) is 11.7 Å². The van der Waals surface area contributed by atoms with Crippen LogP contribution in [0.2, 0.25) is 0 Å². The van der Waals surface area contributed by atoms with Gasteiger partial charge in [-0.25, -0.2) is 9.78 Å². The number of carboxylic acid groups (broad SMARTS) is 1. The molecule has 0 aliphatic heterocycles. The van der Waals surface area contributed by atoms with Crippen LogP contribution in [-0.4, -0.2) is 27.0 Å². The van der Waals surface area contributed by atoms with Gasteiger partial charge in [0.2, 0.25) is 5.95 Å². The molecule has 1 saturated carbocycles. The van der Waals surface area contributed by atoms with Crippen LogP contribution < -0.4 is 10.1 Å². The SMILES string of the molecule is CC1CC(C)CC(n2c(Nc3ccc(OC(F)(F)F)cc3)nc3cc(-c4cccc(C(=O)O)c4)ccc32)C1. The number of nitrogens with one attached hydrogen (secondary N) is 1. The molecule has 0 amide bonds. The quantitative estimate of drug-likeness (QED) is 0.267. The van der Waals surface area contributed by atoms with E-state index in [4.69, 9.17) is 4.98 Å². The van der Waals surface area contributed by atoms with Crippen molar-refractivity contribution in [1.82, 2.24) is 9.55 Å². The number of hydrogen-bond acceptors (Lipinski definition) is 4. The van der Waals surface area contributed by atoms with Gasteiger partial charge >= 0.3 is 12.3 Å². The first-order valence-corrected chi connectivity index (χ1v) is 12.5. The number of ether oxygens (including phenoxy) is 1. The fourth-order valence-corrected chi connectivity index (χ4v) is 5.55. The van der Waals surface area contributed by atoms with E-state index in [1.807, 2.05) is 24.3 Å². The molecule has 198 valence electrons. The molecule has 9 heteroatoms. The molecule has 1 heterocycles. The van der Waals surface area contributed by atoms with E-state index < -0.39 is 12.3 Å². The normalized spacial score (nSPS) is 19.9. The third-order valence-corrected chi connectivity index (χ3v) is 7.00. The monoisotopic (exact) mass is 523 g/mol. The summed E-state index contributed by atoms with van der Waals surface area (Å²) >= 11 is 0. The van der Waals surface area contributed by atoms with E-state index in [0.29, 0.717) is 23.5 Å². The number of imidazole rings is 1. The lowest BCUT2D eigenvalue weighted by atomic mass is 9.80. The van der Waals surface area contributed by atoms with Crippen LogP contribution in [0.3, 0.4) is 0 Å². The van der Waals surface area contributed by atoms with Crippen LogP contribution in [0.4, 0.5) is 24.8 Å². The highest BCUT2D eigenvalue weighted by molar-refractivity contribution is 5.90. The van der Waals surface area contributed by atoms with Gasteiger partial charge in [-0.3, -0.25) is 0 Å². The molecule has 1 fully saturated rings. The van der Waals surface area contributed by atoms with Crippen LogP contribution in [0.25, 0.3) is 22.2 Å². The minimum absolute atomic E-state index is 0.204. The molecule has 1 aliphatic rings. The van der Waals surface area contributed by atoms with Crippen LogP contribution in [0.1, 0.15) is 49.5 Å². The van der Waals surface area contributed by atoms with Gasteiger partial charge in [0.1, 0.15) is 5.75 Å². The van der Waals surface area contributed by atoms with Crippen molar-refractivity contribution in [2.24, 2.45) is 11.8 Å². The van der Waals surface area contributed by atoms with Gasteiger partial charge < -0.3 is 19.7 Å². The molecule has 0 saturated heterocycles. The number of fused-ring (bicyclic) bond motifs is 1. The second-order valence-corrected chi connectivity index (χ2v) is 10.2. The number of alkyl halides is 3. The average molecular weight is 524 g/mol. The highest BCUT2D eigenvalue weighted by Crippen LogP contribution is 2.40. The number of anilines is 2. The minimum Gasteiger partial charge on any atom is -0.478 e. The Morgan fingerprint density at radius 3 is 2.32 bits per heavy atom. The van der Waals surface area contributed by atoms with E-state index in [0.717, 1.165) is 41.4 Å². The Labute approximate surface area is 218 Å². The first kappa shape index (κ1) is 25.6. The average Bonchev–Trinajstić information content (AvgIpc) is 3.21. The molecule has 2 atom stereocenters. The van der Waals surface area contributed by atoms with Crippen molar-refractivity contribution in [3.05, 3.63) is 72.3 Å². The molecule has 2 unspecified atom stereocenters. The number of aromatic carboxylic acids is 1. The van der Waals surface area contributed by atoms with Crippen molar-refractivity contribution >= 4 is 28.6 Å². The second kappa shape index (κ2) is 10.0. The first-order chi connectivity index (χ1) is 18.1. The lowest BCUT2D eigenvalue weighted by molar-refractivity contribution is -0.274. The summed E-state index contributed by atoms with van der Waals surface area (Å²) in [5, 5.41) is 12.7. The largest absolute Gasteiger partial charge is 0.573 e. The van der Waals surface area contributed by atoms with E-state index in [1.54, 1.807) is 18.2 Å². The van der Waals surface area contributed by atoms with E-state index in [2.05, 4.69) is 28.5 Å². The molecule has 3 aromatic carbocycles. The summed E-state index contributed by atoms with van der Waals surface area (Å²) in [7, 11) is 0. The Kier molecular flexibility index (Phi) is 6.77. The van der Waals surface area contributed by atoms with Gasteiger partial charge in [0.15, 0.2) is 0 Å². The van der Waals surface area contributed by atoms with Gasteiger partial charge in [-0.05, 0) is 90.8 Å². The first-order valence-electron chi connectivity index (χ1n) is 12.5. The smallest absolute Gasteiger partial charge is 0.478 e. The molecule has 5 rings (SSSR count). The van der Waals surface area contributed by atoms with E-state index in [-0.39, 0.29) is 17.4 Å². The summed E-state index contributed by atoms with van der Waals surface area (Å²) in [6, 6.07) is 18.5. The Morgan fingerprint density at radius 1 is 0.974 bits per heavy atom. The van der Waals surface area contributed by atoms with Crippen molar-refractivity contribution in [3.8, 4) is 16.9 Å². The summed E-state index contributed by atoms with van der Waals surface area (Å²) in [5.74, 6) is 0.416. The van der Waals surface area contributed by atoms with Gasteiger partial charge in [0.25, 0.3) is 0 Å². The number of nitrogens with zero attached hydrogens (tertiary/aromatic N) is 2.